The van der Waals surface area contributed by atoms with Crippen molar-refractivity contribution in [3.05, 3.63) is 58.6 Å². The van der Waals surface area contributed by atoms with Crippen LogP contribution < -0.4 is 10.1 Å². The molecule has 1 N–H and O–H groups in total. The average molecular weight is 418 g/mol. The highest BCUT2D eigenvalue weighted by Crippen LogP contribution is 2.32. The van der Waals surface area contributed by atoms with Crippen molar-refractivity contribution in [1.29, 1.82) is 0 Å². The highest BCUT2D eigenvalue weighted by molar-refractivity contribution is 6.30. The van der Waals surface area contributed by atoms with Crippen LogP contribution in [0.5, 0.6) is 5.75 Å². The highest BCUT2D eigenvalue weighted by atomic mass is 35.5. The lowest BCUT2D eigenvalue weighted by molar-refractivity contribution is -0.153. The fourth-order valence-corrected chi connectivity index (χ4v) is 3.02. The van der Waals surface area contributed by atoms with Crippen LogP contribution in [0.25, 0.3) is 0 Å². The second-order valence-electron chi connectivity index (χ2n) is 7.49. The molecule has 0 aliphatic carbocycles. The minimum Gasteiger partial charge on any atom is -0.479 e. The van der Waals surface area contributed by atoms with E-state index in [4.69, 9.17) is 21.1 Å². The van der Waals surface area contributed by atoms with E-state index in [-0.39, 0.29) is 24.3 Å². The summed E-state index contributed by atoms with van der Waals surface area (Å²) < 4.78 is 10.7. The molecule has 1 atom stereocenters. The molecule has 1 unspecified atom stereocenters. The van der Waals surface area contributed by atoms with Crippen LogP contribution in [0, 0.1) is 0 Å². The molecule has 0 saturated heterocycles. The van der Waals surface area contributed by atoms with E-state index in [0.717, 1.165) is 16.8 Å². The smallest absolute Gasteiger partial charge is 0.347 e. The summed E-state index contributed by atoms with van der Waals surface area (Å²) in [6, 6.07) is 12.7. The summed E-state index contributed by atoms with van der Waals surface area (Å²) in [5, 5.41) is 3.50. The summed E-state index contributed by atoms with van der Waals surface area (Å²) in [7, 11) is 0. The van der Waals surface area contributed by atoms with E-state index in [1.54, 1.807) is 31.2 Å². The molecule has 1 amide bonds. The predicted octanol–water partition coefficient (Wildman–Crippen LogP) is 5.54. The summed E-state index contributed by atoms with van der Waals surface area (Å²) in [6.07, 6.45) is -0.849. The van der Waals surface area contributed by atoms with Crippen LogP contribution in [0.1, 0.15) is 57.6 Å². The first-order valence-corrected chi connectivity index (χ1v) is 10.1. The van der Waals surface area contributed by atoms with Gasteiger partial charge in [0.15, 0.2) is 12.7 Å². The fraction of sp³-hybridized carbons (Fsp3) is 0.391. The molecule has 5 nitrogen and oxygen atoms in total. The Hall–Kier alpha value is -2.53. The zero-order valence-corrected chi connectivity index (χ0v) is 18.2. The van der Waals surface area contributed by atoms with Crippen molar-refractivity contribution in [2.75, 3.05) is 11.9 Å². The third-order valence-electron chi connectivity index (χ3n) is 4.44. The number of esters is 1. The van der Waals surface area contributed by atoms with Gasteiger partial charge in [0.05, 0.1) is 0 Å². The molecule has 0 fully saturated rings. The molecular formula is C23H28ClNO4. The molecule has 0 spiro atoms. The van der Waals surface area contributed by atoms with Gasteiger partial charge in [0.1, 0.15) is 5.75 Å². The van der Waals surface area contributed by atoms with E-state index < -0.39 is 12.1 Å². The molecule has 0 aromatic heterocycles. The van der Waals surface area contributed by atoms with Gasteiger partial charge in [-0.2, -0.15) is 0 Å². The standard InChI is InChI=1S/C23H28ClNO4/c1-14(2)19-7-6-8-20(15(3)4)22(19)25-21(26)13-28-23(27)16(5)29-18-11-9-17(24)10-12-18/h6-12,14-16H,13H2,1-5H3,(H,25,26). The molecule has 2 rings (SSSR count). The normalized spacial score (nSPS) is 12.0. The van der Waals surface area contributed by atoms with Gasteiger partial charge in [-0.25, -0.2) is 4.79 Å². The number of nitrogens with one attached hydrogen (secondary N) is 1. The average Bonchev–Trinajstić information content (AvgIpc) is 2.67. The maximum atomic E-state index is 12.4. The van der Waals surface area contributed by atoms with Gasteiger partial charge in [-0.3, -0.25) is 4.79 Å². The molecule has 0 heterocycles. The van der Waals surface area contributed by atoms with Gasteiger partial charge in [0.2, 0.25) is 0 Å². The summed E-state index contributed by atoms with van der Waals surface area (Å²) in [5.41, 5.74) is 2.90. The van der Waals surface area contributed by atoms with Crippen molar-refractivity contribution in [3.63, 3.8) is 0 Å². The molecule has 6 heteroatoms. The fourth-order valence-electron chi connectivity index (χ4n) is 2.89. The van der Waals surface area contributed by atoms with Crippen molar-refractivity contribution >= 4 is 29.2 Å². The Morgan fingerprint density at radius 1 is 0.931 bits per heavy atom. The second-order valence-corrected chi connectivity index (χ2v) is 7.93. The van der Waals surface area contributed by atoms with Crippen LogP contribution in [-0.2, 0) is 14.3 Å². The van der Waals surface area contributed by atoms with E-state index in [1.165, 1.54) is 0 Å². The molecule has 0 aliphatic rings. The molecule has 156 valence electrons. The Balaban J connectivity index is 1.97. The first kappa shape index (κ1) is 22.8. The molecule has 2 aromatic rings. The molecular weight excluding hydrogens is 390 g/mol. The Bertz CT molecular complexity index is 820. The zero-order valence-electron chi connectivity index (χ0n) is 17.5. The maximum Gasteiger partial charge on any atom is 0.347 e. The zero-order chi connectivity index (χ0) is 21.6. The minimum atomic E-state index is -0.849. The van der Waals surface area contributed by atoms with Crippen LogP contribution in [-0.4, -0.2) is 24.6 Å². The minimum absolute atomic E-state index is 0.249. The van der Waals surface area contributed by atoms with Crippen LogP contribution in [0.3, 0.4) is 0 Å². The first-order valence-electron chi connectivity index (χ1n) is 9.70. The summed E-state index contributed by atoms with van der Waals surface area (Å²) in [6.45, 7) is 9.49. The number of carbonyl (C=O) groups excluding carboxylic acids is 2. The molecule has 29 heavy (non-hydrogen) atoms. The number of para-hydroxylation sites is 1. The molecule has 0 saturated carbocycles. The van der Waals surface area contributed by atoms with Crippen LogP contribution in [0.4, 0.5) is 5.69 Å². The Morgan fingerprint density at radius 3 is 2.00 bits per heavy atom. The lowest BCUT2D eigenvalue weighted by Crippen LogP contribution is -2.30. The van der Waals surface area contributed by atoms with E-state index in [9.17, 15) is 9.59 Å². The van der Waals surface area contributed by atoms with Crippen LogP contribution in [0.15, 0.2) is 42.5 Å². The van der Waals surface area contributed by atoms with Crippen molar-refractivity contribution in [2.24, 2.45) is 0 Å². The van der Waals surface area contributed by atoms with Crippen LogP contribution >= 0.6 is 11.6 Å². The first-order chi connectivity index (χ1) is 13.7. The van der Waals surface area contributed by atoms with Crippen molar-refractivity contribution in [1.82, 2.24) is 0 Å². The van der Waals surface area contributed by atoms with Crippen molar-refractivity contribution < 1.29 is 19.1 Å². The Morgan fingerprint density at radius 2 is 1.48 bits per heavy atom. The van der Waals surface area contributed by atoms with E-state index in [1.807, 2.05) is 18.2 Å². The number of ether oxygens (including phenoxy) is 2. The number of hydrogen-bond donors (Lipinski definition) is 1. The van der Waals surface area contributed by atoms with E-state index >= 15 is 0 Å². The molecule has 0 aliphatic heterocycles. The number of hydrogen-bond acceptors (Lipinski definition) is 4. The number of benzene rings is 2. The van der Waals surface area contributed by atoms with Gasteiger partial charge in [-0.15, -0.1) is 0 Å². The number of amides is 1. The quantitative estimate of drug-likeness (QED) is 0.573. The maximum absolute atomic E-state index is 12.4. The van der Waals surface area contributed by atoms with Crippen molar-refractivity contribution in [2.45, 2.75) is 52.6 Å². The largest absolute Gasteiger partial charge is 0.479 e. The monoisotopic (exact) mass is 417 g/mol. The molecule has 0 bridgehead atoms. The number of anilines is 1. The second kappa shape index (κ2) is 10.3. The van der Waals surface area contributed by atoms with Gasteiger partial charge < -0.3 is 14.8 Å². The van der Waals surface area contributed by atoms with Gasteiger partial charge in [0.25, 0.3) is 5.91 Å². The Kier molecular flexibility index (Phi) is 8.09. The third-order valence-corrected chi connectivity index (χ3v) is 4.69. The van der Waals surface area contributed by atoms with Gasteiger partial charge >= 0.3 is 5.97 Å². The summed E-state index contributed by atoms with van der Waals surface area (Å²) >= 11 is 5.83. The SMILES string of the molecule is CC(Oc1ccc(Cl)cc1)C(=O)OCC(=O)Nc1c(C(C)C)cccc1C(C)C. The van der Waals surface area contributed by atoms with Crippen LogP contribution in [0.2, 0.25) is 5.02 Å². The summed E-state index contributed by atoms with van der Waals surface area (Å²) in [4.78, 5) is 24.6. The van der Waals surface area contributed by atoms with Crippen molar-refractivity contribution in [3.8, 4) is 5.75 Å². The third kappa shape index (κ3) is 6.50. The Labute approximate surface area is 177 Å². The summed E-state index contributed by atoms with van der Waals surface area (Å²) in [5.74, 6) is -0.00203. The van der Waals surface area contributed by atoms with Gasteiger partial charge in [-0.05, 0) is 54.2 Å². The molecule has 0 radical (unpaired) electrons. The lowest BCUT2D eigenvalue weighted by Gasteiger charge is -2.20. The number of carbonyl (C=O) groups is 2. The molecule has 2 aromatic carbocycles. The van der Waals surface area contributed by atoms with Gasteiger partial charge in [-0.1, -0.05) is 57.5 Å². The lowest BCUT2D eigenvalue weighted by atomic mass is 9.92. The topological polar surface area (TPSA) is 64.6 Å². The predicted molar refractivity (Wildman–Crippen MR) is 116 cm³/mol. The number of rotatable bonds is 8. The van der Waals surface area contributed by atoms with Gasteiger partial charge in [0, 0.05) is 10.7 Å². The van der Waals surface area contributed by atoms with E-state index in [0.29, 0.717) is 10.8 Å². The van der Waals surface area contributed by atoms with E-state index in [2.05, 4.69) is 33.0 Å². The highest BCUT2D eigenvalue weighted by Gasteiger charge is 2.20. The number of halogens is 1.